The van der Waals surface area contributed by atoms with Crippen molar-refractivity contribution in [3.05, 3.63) is 86.4 Å². The van der Waals surface area contributed by atoms with Gasteiger partial charge in [0.2, 0.25) is 5.69 Å². The molecule has 0 aliphatic heterocycles. The topological polar surface area (TPSA) is 95.2 Å². The number of benzene rings is 2. The lowest BCUT2D eigenvalue weighted by atomic mass is 10.2. The molecular formula is C22H23FN4O4. The first kappa shape index (κ1) is 21.9. The highest BCUT2D eigenvalue weighted by Gasteiger charge is 2.22. The van der Waals surface area contributed by atoms with Crippen LogP contribution in [0.1, 0.15) is 36.3 Å². The molecule has 0 bridgehead atoms. The van der Waals surface area contributed by atoms with Crippen LogP contribution in [0.2, 0.25) is 0 Å². The van der Waals surface area contributed by atoms with E-state index in [9.17, 15) is 18.8 Å². The van der Waals surface area contributed by atoms with Crippen molar-refractivity contribution in [3.8, 4) is 11.4 Å². The number of rotatable bonds is 7. The van der Waals surface area contributed by atoms with Crippen molar-refractivity contribution < 1.29 is 13.9 Å². The maximum atomic E-state index is 14.2. The summed E-state index contributed by atoms with van der Waals surface area (Å²) in [5.74, 6) is -0.706. The molecule has 0 saturated heterocycles. The van der Waals surface area contributed by atoms with Crippen LogP contribution in [-0.4, -0.2) is 33.4 Å². The Labute approximate surface area is 177 Å². The van der Waals surface area contributed by atoms with E-state index in [-0.39, 0.29) is 18.2 Å². The smallest absolute Gasteiger partial charge is 0.352 e. The third-order valence-electron chi connectivity index (χ3n) is 4.87. The molecule has 9 heteroatoms. The molecule has 1 amide bonds. The van der Waals surface area contributed by atoms with Gasteiger partial charge in [0, 0.05) is 11.6 Å². The lowest BCUT2D eigenvalue weighted by Crippen LogP contribution is -2.47. The van der Waals surface area contributed by atoms with Crippen molar-refractivity contribution in [1.29, 1.82) is 0 Å². The molecule has 0 aliphatic carbocycles. The summed E-state index contributed by atoms with van der Waals surface area (Å²) >= 11 is 0. The molecule has 2 aromatic carbocycles. The maximum absolute atomic E-state index is 14.2. The van der Waals surface area contributed by atoms with Gasteiger partial charge in [0.1, 0.15) is 11.6 Å². The predicted molar refractivity (Wildman–Crippen MR) is 113 cm³/mol. The molecule has 1 aromatic heterocycles. The average molecular weight is 426 g/mol. The number of hydrogen-bond acceptors (Lipinski definition) is 5. The number of aromatic nitrogens is 3. The maximum Gasteiger partial charge on any atom is 0.352 e. The largest absolute Gasteiger partial charge is 0.497 e. The van der Waals surface area contributed by atoms with E-state index < -0.39 is 28.7 Å². The quantitative estimate of drug-likeness (QED) is 0.625. The van der Waals surface area contributed by atoms with Gasteiger partial charge in [-0.25, -0.2) is 9.18 Å². The summed E-state index contributed by atoms with van der Waals surface area (Å²) in [7, 11) is 1.51. The van der Waals surface area contributed by atoms with Crippen molar-refractivity contribution in [2.24, 2.45) is 0 Å². The molecule has 3 aromatic rings. The van der Waals surface area contributed by atoms with E-state index >= 15 is 0 Å². The van der Waals surface area contributed by atoms with Gasteiger partial charge >= 0.3 is 5.69 Å². The second-order valence-corrected chi connectivity index (χ2v) is 7.01. The molecule has 1 heterocycles. The van der Waals surface area contributed by atoms with E-state index in [0.29, 0.717) is 17.9 Å². The normalized spacial score (nSPS) is 11.7. The molecule has 162 valence electrons. The molecule has 0 spiro atoms. The summed E-state index contributed by atoms with van der Waals surface area (Å²) in [6.07, 6.45) is 0.646. The third-order valence-corrected chi connectivity index (χ3v) is 4.87. The summed E-state index contributed by atoms with van der Waals surface area (Å²) in [6.45, 7) is 3.33. The minimum absolute atomic E-state index is 0.141. The van der Waals surface area contributed by atoms with Crippen molar-refractivity contribution in [3.63, 3.8) is 0 Å². The minimum atomic E-state index is -0.890. The van der Waals surface area contributed by atoms with Gasteiger partial charge in [-0.3, -0.25) is 14.2 Å². The van der Waals surface area contributed by atoms with Crippen LogP contribution in [0.4, 0.5) is 4.39 Å². The minimum Gasteiger partial charge on any atom is -0.497 e. The number of nitrogens with zero attached hydrogens (tertiary/aromatic N) is 3. The van der Waals surface area contributed by atoms with Crippen LogP contribution < -0.4 is 21.3 Å². The van der Waals surface area contributed by atoms with Gasteiger partial charge in [0.05, 0.1) is 19.3 Å². The summed E-state index contributed by atoms with van der Waals surface area (Å²) in [5, 5.41) is 6.72. The van der Waals surface area contributed by atoms with Gasteiger partial charge in [-0.1, -0.05) is 25.1 Å². The van der Waals surface area contributed by atoms with Gasteiger partial charge in [0.15, 0.2) is 0 Å². The second kappa shape index (κ2) is 9.38. The summed E-state index contributed by atoms with van der Waals surface area (Å²) < 4.78 is 21.1. The van der Waals surface area contributed by atoms with Gasteiger partial charge in [0.25, 0.3) is 11.5 Å². The fourth-order valence-electron chi connectivity index (χ4n) is 2.88. The molecule has 1 N–H and O–H groups in total. The lowest BCUT2D eigenvalue weighted by Gasteiger charge is -2.14. The van der Waals surface area contributed by atoms with E-state index in [1.165, 1.54) is 25.3 Å². The molecule has 0 aliphatic rings. The number of amides is 1. The van der Waals surface area contributed by atoms with Gasteiger partial charge in [-0.05, 0) is 43.7 Å². The molecule has 0 radical (unpaired) electrons. The van der Waals surface area contributed by atoms with Crippen LogP contribution in [-0.2, 0) is 6.54 Å². The fourth-order valence-corrected chi connectivity index (χ4v) is 2.88. The van der Waals surface area contributed by atoms with Crippen LogP contribution in [0.25, 0.3) is 5.69 Å². The Bertz CT molecular complexity index is 1200. The summed E-state index contributed by atoms with van der Waals surface area (Å²) in [4.78, 5) is 38.8. The molecule has 0 saturated carbocycles. The highest BCUT2D eigenvalue weighted by Crippen LogP contribution is 2.13. The first-order valence-corrected chi connectivity index (χ1v) is 9.78. The lowest BCUT2D eigenvalue weighted by molar-refractivity contribution is 0.0929. The highest BCUT2D eigenvalue weighted by atomic mass is 19.1. The molecular weight excluding hydrogens is 403 g/mol. The van der Waals surface area contributed by atoms with Crippen molar-refractivity contribution in [2.45, 2.75) is 32.9 Å². The number of methoxy groups -OCH3 is 1. The van der Waals surface area contributed by atoms with Crippen molar-refractivity contribution >= 4 is 5.91 Å². The highest BCUT2D eigenvalue weighted by molar-refractivity contribution is 5.91. The van der Waals surface area contributed by atoms with Gasteiger partial charge in [-0.2, -0.15) is 9.78 Å². The van der Waals surface area contributed by atoms with Crippen LogP contribution in [0.15, 0.2) is 58.1 Å². The monoisotopic (exact) mass is 426 g/mol. The van der Waals surface area contributed by atoms with E-state index in [1.807, 2.05) is 6.92 Å². The Hall–Kier alpha value is -3.75. The van der Waals surface area contributed by atoms with E-state index in [0.717, 1.165) is 9.25 Å². The summed E-state index contributed by atoms with van der Waals surface area (Å²) in [6, 6.07) is 12.0. The first-order valence-electron chi connectivity index (χ1n) is 9.78. The Morgan fingerprint density at radius 2 is 1.84 bits per heavy atom. The number of carbonyl (C=O) groups excluding carboxylic acids is 1. The standard InChI is InChI=1S/C22H23FN4O4/c1-4-14(2)24-20(28)19-21(29)26(13-15-7-5-6-8-18(15)23)22(30)27(25-19)16-9-11-17(31-3)12-10-16/h5-12,14H,4,13H2,1-3H3,(H,24,28). The molecule has 8 nitrogen and oxygen atoms in total. The van der Waals surface area contributed by atoms with Crippen molar-refractivity contribution in [2.75, 3.05) is 7.11 Å². The average Bonchev–Trinajstić information content (AvgIpc) is 2.77. The first-order chi connectivity index (χ1) is 14.8. The number of carbonyl (C=O) groups is 1. The molecule has 1 unspecified atom stereocenters. The zero-order valence-corrected chi connectivity index (χ0v) is 17.5. The number of halogens is 1. The Balaban J connectivity index is 2.19. The second-order valence-electron chi connectivity index (χ2n) is 7.01. The number of hydrogen-bond donors (Lipinski definition) is 1. The van der Waals surface area contributed by atoms with E-state index in [4.69, 9.17) is 4.74 Å². The molecule has 0 fully saturated rings. The molecule has 1 atom stereocenters. The van der Waals surface area contributed by atoms with Crippen molar-refractivity contribution in [1.82, 2.24) is 19.7 Å². The molecule has 31 heavy (non-hydrogen) atoms. The SMILES string of the molecule is CCC(C)NC(=O)c1nn(-c2ccc(OC)cc2)c(=O)n(Cc2ccccc2F)c1=O. The summed E-state index contributed by atoms with van der Waals surface area (Å²) in [5.41, 5.74) is -1.67. The Kier molecular flexibility index (Phi) is 6.64. The molecule has 3 rings (SSSR count). The Morgan fingerprint density at radius 1 is 1.16 bits per heavy atom. The predicted octanol–water partition coefficient (Wildman–Crippen LogP) is 2.12. The number of ether oxygens (including phenoxy) is 1. The van der Waals surface area contributed by atoms with Gasteiger partial charge in [-0.15, -0.1) is 0 Å². The van der Waals surface area contributed by atoms with Crippen LogP contribution >= 0.6 is 0 Å². The Morgan fingerprint density at radius 3 is 2.45 bits per heavy atom. The number of nitrogens with one attached hydrogen (secondary N) is 1. The zero-order chi connectivity index (χ0) is 22.5. The third kappa shape index (κ3) is 4.71. The van der Waals surface area contributed by atoms with E-state index in [2.05, 4.69) is 10.4 Å². The fraction of sp³-hybridized carbons (Fsp3) is 0.273. The zero-order valence-electron chi connectivity index (χ0n) is 17.5. The van der Waals surface area contributed by atoms with Crippen LogP contribution in [0.3, 0.4) is 0 Å². The van der Waals surface area contributed by atoms with Crippen LogP contribution in [0, 0.1) is 5.82 Å². The van der Waals surface area contributed by atoms with E-state index in [1.54, 1.807) is 37.3 Å². The van der Waals surface area contributed by atoms with Gasteiger partial charge < -0.3 is 10.1 Å². The van der Waals surface area contributed by atoms with Crippen LogP contribution in [0.5, 0.6) is 5.75 Å².